The standard InChI is InChI=1S/C27H45NO5/c1-15(5-10-24(32)33)19-8-9-20-18-7-6-16-11-17(29)13-25(2,23(31)14-28)27(16,4)21(18)12-22(30)26(19,20)3/h15-22,29-30H,5-14,28H2,1-4H3,(H,32,33)/t15-,16-,17+,18+,19-,20+,21+,22+,25?,26-,27+/m1/s1. The Hall–Kier alpha value is -0.980. The Morgan fingerprint density at radius 1 is 1.03 bits per heavy atom. The van der Waals surface area contributed by atoms with Gasteiger partial charge in [0.1, 0.15) is 0 Å². The first-order valence-corrected chi connectivity index (χ1v) is 13.2. The van der Waals surface area contributed by atoms with E-state index < -0.39 is 23.6 Å². The van der Waals surface area contributed by atoms with Crippen molar-refractivity contribution in [2.24, 2.45) is 57.5 Å². The number of aliphatic hydroxyl groups excluding tert-OH is 2. The fraction of sp³-hybridized carbons (Fsp3) is 0.926. The molecule has 33 heavy (non-hydrogen) atoms. The number of ketones is 1. The van der Waals surface area contributed by atoms with Gasteiger partial charge in [0.15, 0.2) is 5.78 Å². The van der Waals surface area contributed by atoms with Gasteiger partial charge in [-0.3, -0.25) is 9.59 Å². The summed E-state index contributed by atoms with van der Waals surface area (Å²) in [5.74, 6) is 1.25. The number of nitrogens with two attached hydrogens (primary N) is 1. The van der Waals surface area contributed by atoms with Crippen LogP contribution in [-0.4, -0.2) is 45.8 Å². The first kappa shape index (κ1) is 25.1. The topological polar surface area (TPSA) is 121 Å². The molecular formula is C27H45NO5. The molecular weight excluding hydrogens is 418 g/mol. The van der Waals surface area contributed by atoms with Gasteiger partial charge in [-0.05, 0) is 97.7 Å². The quantitative estimate of drug-likeness (QED) is 0.477. The fourth-order valence-corrected chi connectivity index (χ4v) is 9.88. The third-order valence-electron chi connectivity index (χ3n) is 11.8. The van der Waals surface area contributed by atoms with Crippen LogP contribution in [0.4, 0.5) is 0 Å². The molecule has 6 heteroatoms. The van der Waals surface area contributed by atoms with Crippen molar-refractivity contribution in [2.75, 3.05) is 6.54 Å². The molecule has 4 rings (SSSR count). The van der Waals surface area contributed by atoms with Crippen LogP contribution in [0, 0.1) is 51.8 Å². The Bertz CT molecular complexity index is 786. The first-order chi connectivity index (χ1) is 15.4. The Morgan fingerprint density at radius 3 is 2.36 bits per heavy atom. The van der Waals surface area contributed by atoms with Crippen LogP contribution in [0.5, 0.6) is 0 Å². The van der Waals surface area contributed by atoms with Crippen molar-refractivity contribution in [1.82, 2.24) is 0 Å². The number of aliphatic carboxylic acids is 1. The minimum atomic E-state index is -0.750. The van der Waals surface area contributed by atoms with Gasteiger partial charge in [0.05, 0.1) is 18.8 Å². The molecule has 11 atom stereocenters. The van der Waals surface area contributed by atoms with Gasteiger partial charge in [0.2, 0.25) is 0 Å². The predicted molar refractivity (Wildman–Crippen MR) is 126 cm³/mol. The van der Waals surface area contributed by atoms with Crippen LogP contribution in [0.25, 0.3) is 0 Å². The average molecular weight is 464 g/mol. The largest absolute Gasteiger partial charge is 0.481 e. The molecule has 4 aliphatic rings. The van der Waals surface area contributed by atoms with Crippen LogP contribution in [0.2, 0.25) is 0 Å². The number of hydrogen-bond donors (Lipinski definition) is 4. The van der Waals surface area contributed by atoms with Gasteiger partial charge in [-0.15, -0.1) is 0 Å². The highest BCUT2D eigenvalue weighted by Gasteiger charge is 2.68. The molecule has 0 heterocycles. The highest BCUT2D eigenvalue weighted by atomic mass is 16.4. The molecule has 188 valence electrons. The molecule has 0 spiro atoms. The predicted octanol–water partition coefficient (Wildman–Crippen LogP) is 3.62. The molecule has 0 radical (unpaired) electrons. The van der Waals surface area contributed by atoms with Gasteiger partial charge in [-0.1, -0.05) is 27.7 Å². The number of fused-ring (bicyclic) bond motifs is 5. The molecule has 4 fully saturated rings. The van der Waals surface area contributed by atoms with E-state index in [1.807, 2.05) is 6.92 Å². The summed E-state index contributed by atoms with van der Waals surface area (Å²) in [4.78, 5) is 24.4. The second-order valence-electron chi connectivity index (χ2n) is 12.7. The fourth-order valence-electron chi connectivity index (χ4n) is 9.88. The maximum atomic E-state index is 13.3. The molecule has 4 aliphatic carbocycles. The Kier molecular flexibility index (Phi) is 6.55. The molecule has 5 N–H and O–H groups in total. The van der Waals surface area contributed by atoms with E-state index in [-0.39, 0.29) is 47.3 Å². The smallest absolute Gasteiger partial charge is 0.303 e. The monoisotopic (exact) mass is 463 g/mol. The van der Waals surface area contributed by atoms with E-state index in [0.717, 1.165) is 32.1 Å². The second-order valence-corrected chi connectivity index (χ2v) is 12.7. The number of carbonyl (C=O) groups is 2. The number of rotatable bonds is 6. The normalized spacial score (nSPS) is 50.1. The number of Topliss-reactive ketones (excluding diaryl/α,β-unsaturated/α-hetero) is 1. The van der Waals surface area contributed by atoms with Gasteiger partial charge in [0.25, 0.3) is 0 Å². The minimum Gasteiger partial charge on any atom is -0.481 e. The molecule has 0 bridgehead atoms. The lowest BCUT2D eigenvalue weighted by atomic mass is 9.37. The van der Waals surface area contributed by atoms with E-state index in [4.69, 9.17) is 5.73 Å². The van der Waals surface area contributed by atoms with Gasteiger partial charge >= 0.3 is 5.97 Å². The Morgan fingerprint density at radius 2 is 1.73 bits per heavy atom. The zero-order chi connectivity index (χ0) is 24.3. The van der Waals surface area contributed by atoms with Crippen LogP contribution in [0.3, 0.4) is 0 Å². The van der Waals surface area contributed by atoms with Crippen LogP contribution in [-0.2, 0) is 9.59 Å². The van der Waals surface area contributed by atoms with Crippen molar-refractivity contribution in [3.8, 4) is 0 Å². The maximum Gasteiger partial charge on any atom is 0.303 e. The van der Waals surface area contributed by atoms with Gasteiger partial charge in [-0.25, -0.2) is 0 Å². The van der Waals surface area contributed by atoms with Crippen molar-refractivity contribution in [3.05, 3.63) is 0 Å². The summed E-state index contributed by atoms with van der Waals surface area (Å²) in [6.45, 7) is 8.72. The summed E-state index contributed by atoms with van der Waals surface area (Å²) in [5.41, 5.74) is 4.74. The lowest BCUT2D eigenvalue weighted by molar-refractivity contribution is -0.215. The van der Waals surface area contributed by atoms with Gasteiger partial charge in [0, 0.05) is 11.8 Å². The molecule has 0 aliphatic heterocycles. The number of carbonyl (C=O) groups excluding carboxylic acids is 1. The molecule has 0 aromatic carbocycles. The molecule has 4 saturated carbocycles. The molecule has 6 nitrogen and oxygen atoms in total. The highest BCUT2D eigenvalue weighted by Crippen LogP contribution is 2.71. The van der Waals surface area contributed by atoms with Gasteiger partial charge < -0.3 is 21.1 Å². The zero-order valence-electron chi connectivity index (χ0n) is 20.9. The minimum absolute atomic E-state index is 0.00419. The Labute approximate surface area is 198 Å². The summed E-state index contributed by atoms with van der Waals surface area (Å²) in [5, 5.41) is 31.6. The Balaban J connectivity index is 1.67. The van der Waals surface area contributed by atoms with Crippen molar-refractivity contribution in [2.45, 2.75) is 97.7 Å². The first-order valence-electron chi connectivity index (χ1n) is 13.2. The SMILES string of the molecule is C[C@H](CCC(=O)O)[C@H]1CC[C@H]2[C@@H]3CC[C@@H]4C[C@H](O)CC(C)(C(=O)CN)[C@]4(C)[C@H]3C[C@H](O)[C@]12C. The summed E-state index contributed by atoms with van der Waals surface area (Å²) in [6.07, 6.45) is 6.03. The number of hydrogen-bond acceptors (Lipinski definition) is 5. The maximum absolute atomic E-state index is 13.3. The third kappa shape index (κ3) is 3.53. The highest BCUT2D eigenvalue weighted by molar-refractivity contribution is 5.87. The number of carboxylic acids is 1. The molecule has 0 saturated heterocycles. The van der Waals surface area contributed by atoms with E-state index >= 15 is 0 Å². The van der Waals surface area contributed by atoms with E-state index in [1.165, 1.54) is 0 Å². The third-order valence-corrected chi connectivity index (χ3v) is 11.8. The molecule has 0 amide bonds. The number of carboxylic acid groups (broad SMARTS) is 1. The van der Waals surface area contributed by atoms with Crippen LogP contribution in [0.1, 0.15) is 85.5 Å². The van der Waals surface area contributed by atoms with Crippen molar-refractivity contribution in [3.63, 3.8) is 0 Å². The zero-order valence-corrected chi connectivity index (χ0v) is 20.9. The molecule has 1 unspecified atom stereocenters. The van der Waals surface area contributed by atoms with Crippen molar-refractivity contribution >= 4 is 11.8 Å². The molecule has 0 aromatic heterocycles. The van der Waals surface area contributed by atoms with Crippen LogP contribution in [0.15, 0.2) is 0 Å². The summed E-state index contributed by atoms with van der Waals surface area (Å²) in [6, 6.07) is 0. The van der Waals surface area contributed by atoms with Crippen LogP contribution < -0.4 is 5.73 Å². The summed E-state index contributed by atoms with van der Waals surface area (Å²) in [7, 11) is 0. The number of aliphatic hydroxyl groups is 2. The summed E-state index contributed by atoms with van der Waals surface area (Å²) < 4.78 is 0. The van der Waals surface area contributed by atoms with Crippen molar-refractivity contribution in [1.29, 1.82) is 0 Å². The second kappa shape index (κ2) is 8.60. The van der Waals surface area contributed by atoms with E-state index in [1.54, 1.807) is 0 Å². The lowest BCUT2D eigenvalue weighted by Gasteiger charge is -2.67. The van der Waals surface area contributed by atoms with Crippen molar-refractivity contribution < 1.29 is 24.9 Å². The van der Waals surface area contributed by atoms with E-state index in [2.05, 4.69) is 20.8 Å². The van der Waals surface area contributed by atoms with E-state index in [0.29, 0.717) is 37.0 Å². The lowest BCUT2D eigenvalue weighted by Crippen LogP contribution is -2.65. The van der Waals surface area contributed by atoms with E-state index in [9.17, 15) is 24.9 Å². The summed E-state index contributed by atoms with van der Waals surface area (Å²) >= 11 is 0. The van der Waals surface area contributed by atoms with Crippen LogP contribution >= 0.6 is 0 Å². The van der Waals surface area contributed by atoms with Gasteiger partial charge in [-0.2, -0.15) is 0 Å². The molecule has 0 aromatic rings. The average Bonchev–Trinajstić information content (AvgIpc) is 3.12.